The first-order valence-corrected chi connectivity index (χ1v) is 6.85. The number of carbonyl (C=O) groups is 1. The van der Waals surface area contributed by atoms with Crippen molar-refractivity contribution in [2.45, 2.75) is 39.1 Å². The fourth-order valence-corrected chi connectivity index (χ4v) is 2.25. The number of rotatable bonds is 5. The highest BCUT2D eigenvalue weighted by atomic mass is 32.1. The summed E-state index contributed by atoms with van der Waals surface area (Å²) in [5.41, 5.74) is 0. The molecule has 0 spiro atoms. The molecule has 0 saturated carbocycles. The third kappa shape index (κ3) is 4.17. The SMILES string of the molecule is COC(C)CN(C(=O)c1ncc(C(F)(F)F)s1)C(C)C. The summed E-state index contributed by atoms with van der Waals surface area (Å²) < 4.78 is 42.6. The summed E-state index contributed by atoms with van der Waals surface area (Å²) in [5.74, 6) is -0.510. The van der Waals surface area contributed by atoms with E-state index in [1.807, 2.05) is 0 Å². The van der Waals surface area contributed by atoms with Gasteiger partial charge in [0.05, 0.1) is 12.3 Å². The number of carbonyl (C=O) groups excluding carboxylic acids is 1. The van der Waals surface area contributed by atoms with Crippen molar-refractivity contribution in [2.24, 2.45) is 0 Å². The molecular weight excluding hydrogens is 293 g/mol. The van der Waals surface area contributed by atoms with E-state index in [1.54, 1.807) is 20.8 Å². The molecule has 1 unspecified atom stereocenters. The van der Waals surface area contributed by atoms with Crippen LogP contribution >= 0.6 is 11.3 Å². The van der Waals surface area contributed by atoms with E-state index >= 15 is 0 Å². The second-order valence-electron chi connectivity index (χ2n) is 4.63. The molecule has 4 nitrogen and oxygen atoms in total. The first-order valence-electron chi connectivity index (χ1n) is 6.03. The number of halogens is 3. The zero-order valence-corrected chi connectivity index (χ0v) is 12.5. The van der Waals surface area contributed by atoms with Crippen LogP contribution in [0.15, 0.2) is 6.20 Å². The predicted octanol–water partition coefficient (Wildman–Crippen LogP) is 3.05. The maximum Gasteiger partial charge on any atom is 0.427 e. The van der Waals surface area contributed by atoms with Crippen molar-refractivity contribution in [1.29, 1.82) is 0 Å². The third-order valence-corrected chi connectivity index (χ3v) is 3.74. The summed E-state index contributed by atoms with van der Waals surface area (Å²) in [5, 5.41) is -0.158. The lowest BCUT2D eigenvalue weighted by atomic mass is 10.2. The van der Waals surface area contributed by atoms with Crippen LogP contribution in [0.3, 0.4) is 0 Å². The molecule has 0 aliphatic carbocycles. The molecule has 20 heavy (non-hydrogen) atoms. The van der Waals surface area contributed by atoms with Crippen molar-refractivity contribution in [3.8, 4) is 0 Å². The number of amides is 1. The fraction of sp³-hybridized carbons (Fsp3) is 0.667. The minimum Gasteiger partial charge on any atom is -0.380 e. The summed E-state index contributed by atoms with van der Waals surface area (Å²) in [6, 6.07) is -0.154. The van der Waals surface area contributed by atoms with Gasteiger partial charge in [-0.15, -0.1) is 11.3 Å². The van der Waals surface area contributed by atoms with Gasteiger partial charge in [0.2, 0.25) is 0 Å². The number of methoxy groups -OCH3 is 1. The van der Waals surface area contributed by atoms with Crippen LogP contribution in [0.25, 0.3) is 0 Å². The van der Waals surface area contributed by atoms with Gasteiger partial charge < -0.3 is 9.64 Å². The molecule has 0 bridgehead atoms. The fourth-order valence-electron chi connectivity index (χ4n) is 1.51. The number of ether oxygens (including phenoxy) is 1. The van der Waals surface area contributed by atoms with Crippen molar-refractivity contribution in [3.05, 3.63) is 16.1 Å². The van der Waals surface area contributed by atoms with Gasteiger partial charge >= 0.3 is 6.18 Å². The standard InChI is InChI=1S/C12H17F3N2O2S/c1-7(2)17(6-8(3)19-4)11(18)10-16-5-9(20-10)12(13,14)15/h5,7-8H,6H2,1-4H3. The Morgan fingerprint density at radius 2 is 2.05 bits per heavy atom. The molecule has 1 aromatic heterocycles. The van der Waals surface area contributed by atoms with E-state index in [1.165, 1.54) is 12.0 Å². The van der Waals surface area contributed by atoms with Crippen molar-refractivity contribution in [1.82, 2.24) is 9.88 Å². The Bertz CT molecular complexity index is 460. The van der Waals surface area contributed by atoms with E-state index in [9.17, 15) is 18.0 Å². The van der Waals surface area contributed by atoms with E-state index in [0.717, 1.165) is 0 Å². The van der Waals surface area contributed by atoms with Gasteiger partial charge in [-0.1, -0.05) is 0 Å². The number of alkyl halides is 3. The molecule has 1 heterocycles. The maximum atomic E-state index is 12.5. The van der Waals surface area contributed by atoms with Gasteiger partial charge in [0.25, 0.3) is 5.91 Å². The number of aromatic nitrogens is 1. The number of hydrogen-bond acceptors (Lipinski definition) is 4. The van der Waals surface area contributed by atoms with Gasteiger partial charge in [-0.25, -0.2) is 4.98 Å². The van der Waals surface area contributed by atoms with Crippen molar-refractivity contribution >= 4 is 17.2 Å². The van der Waals surface area contributed by atoms with Crippen molar-refractivity contribution < 1.29 is 22.7 Å². The van der Waals surface area contributed by atoms with Crippen LogP contribution in [0, 0.1) is 0 Å². The molecule has 0 radical (unpaired) electrons. The predicted molar refractivity (Wildman–Crippen MR) is 69.8 cm³/mol. The quantitative estimate of drug-likeness (QED) is 0.839. The molecule has 0 aromatic carbocycles. The molecule has 1 aromatic rings. The highest BCUT2D eigenvalue weighted by Crippen LogP contribution is 2.33. The Labute approximate surface area is 119 Å². The minimum atomic E-state index is -4.47. The molecule has 0 aliphatic heterocycles. The molecule has 0 aliphatic rings. The van der Waals surface area contributed by atoms with Crippen LogP contribution in [0.5, 0.6) is 0 Å². The van der Waals surface area contributed by atoms with Gasteiger partial charge in [0, 0.05) is 19.7 Å². The molecule has 1 rings (SSSR count). The molecule has 0 saturated heterocycles. The molecule has 0 fully saturated rings. The van der Waals surface area contributed by atoms with E-state index in [2.05, 4.69) is 4.98 Å². The summed E-state index contributed by atoms with van der Waals surface area (Å²) in [6.45, 7) is 5.66. The largest absolute Gasteiger partial charge is 0.427 e. The van der Waals surface area contributed by atoms with Crippen LogP contribution in [-0.4, -0.2) is 41.6 Å². The van der Waals surface area contributed by atoms with E-state index < -0.39 is 17.0 Å². The zero-order chi connectivity index (χ0) is 15.5. The Morgan fingerprint density at radius 3 is 2.45 bits per heavy atom. The highest BCUT2D eigenvalue weighted by Gasteiger charge is 2.35. The minimum absolute atomic E-state index is 0.154. The average Bonchev–Trinajstić information content (AvgIpc) is 2.83. The molecule has 8 heteroatoms. The first-order chi connectivity index (χ1) is 9.16. The number of nitrogens with zero attached hydrogens (tertiary/aromatic N) is 2. The van der Waals surface area contributed by atoms with Gasteiger partial charge in [-0.2, -0.15) is 13.2 Å². The zero-order valence-electron chi connectivity index (χ0n) is 11.7. The molecule has 1 atom stereocenters. The highest BCUT2D eigenvalue weighted by molar-refractivity contribution is 7.13. The molecule has 0 N–H and O–H groups in total. The van der Waals surface area contributed by atoms with Gasteiger partial charge in [0.15, 0.2) is 5.01 Å². The van der Waals surface area contributed by atoms with Crippen LogP contribution in [0.2, 0.25) is 0 Å². The second-order valence-corrected chi connectivity index (χ2v) is 5.66. The second kappa shape index (κ2) is 6.53. The number of thiazole rings is 1. The summed E-state index contributed by atoms with van der Waals surface area (Å²) in [6.07, 6.45) is -3.99. The Morgan fingerprint density at radius 1 is 1.45 bits per heavy atom. The topological polar surface area (TPSA) is 42.4 Å². The number of hydrogen-bond donors (Lipinski definition) is 0. The first kappa shape index (κ1) is 16.9. The summed E-state index contributed by atoms with van der Waals surface area (Å²) in [4.78, 5) is 16.4. The van der Waals surface area contributed by atoms with Gasteiger partial charge in [-0.3, -0.25) is 4.79 Å². The van der Waals surface area contributed by atoms with Crippen LogP contribution in [0.4, 0.5) is 13.2 Å². The lowest BCUT2D eigenvalue weighted by Gasteiger charge is -2.28. The average molecular weight is 310 g/mol. The molecule has 1 amide bonds. The lowest BCUT2D eigenvalue weighted by molar-refractivity contribution is -0.134. The normalized spacial score (nSPS) is 13.6. The van der Waals surface area contributed by atoms with Crippen LogP contribution < -0.4 is 0 Å². The monoisotopic (exact) mass is 310 g/mol. The maximum absolute atomic E-state index is 12.5. The Hall–Kier alpha value is -1.15. The Kier molecular flexibility index (Phi) is 5.52. The van der Waals surface area contributed by atoms with Gasteiger partial charge in [-0.05, 0) is 20.8 Å². The molecular formula is C12H17F3N2O2S. The van der Waals surface area contributed by atoms with E-state index in [-0.39, 0.29) is 17.2 Å². The smallest absolute Gasteiger partial charge is 0.380 e. The van der Waals surface area contributed by atoms with Crippen LogP contribution in [0.1, 0.15) is 35.5 Å². The molecule has 114 valence electrons. The lowest BCUT2D eigenvalue weighted by Crippen LogP contribution is -2.41. The third-order valence-electron chi connectivity index (χ3n) is 2.71. The summed E-state index contributed by atoms with van der Waals surface area (Å²) >= 11 is 0.360. The van der Waals surface area contributed by atoms with Crippen LogP contribution in [-0.2, 0) is 10.9 Å². The van der Waals surface area contributed by atoms with Crippen molar-refractivity contribution in [2.75, 3.05) is 13.7 Å². The Balaban J connectivity index is 2.92. The van der Waals surface area contributed by atoms with Gasteiger partial charge in [0.1, 0.15) is 4.88 Å². The van der Waals surface area contributed by atoms with Crippen molar-refractivity contribution in [3.63, 3.8) is 0 Å². The summed E-state index contributed by atoms with van der Waals surface area (Å²) in [7, 11) is 1.51. The van der Waals surface area contributed by atoms with E-state index in [0.29, 0.717) is 24.1 Å². The van der Waals surface area contributed by atoms with E-state index in [4.69, 9.17) is 4.74 Å².